The molecule has 5 heteroatoms. The molecule has 27 heavy (non-hydrogen) atoms. The van der Waals surface area contributed by atoms with E-state index in [-0.39, 0.29) is 13.0 Å². The maximum atomic E-state index is 12.3. The molecule has 0 heterocycles. The number of carbonyl (C=O) groups is 2. The predicted octanol–water partition coefficient (Wildman–Crippen LogP) is 5.46. The summed E-state index contributed by atoms with van der Waals surface area (Å²) in [5, 5.41) is 19.2. The van der Waals surface area contributed by atoms with Crippen molar-refractivity contribution >= 4 is 11.9 Å². The number of rotatable bonds is 15. The fourth-order valence-corrected chi connectivity index (χ4v) is 3.11. The van der Waals surface area contributed by atoms with Gasteiger partial charge in [-0.3, -0.25) is 14.8 Å². The van der Waals surface area contributed by atoms with E-state index >= 15 is 0 Å². The summed E-state index contributed by atoms with van der Waals surface area (Å²) in [6, 6.07) is 7.43. The minimum absolute atomic E-state index is 0.0517. The number of aliphatic carboxylic acids is 1. The van der Waals surface area contributed by atoms with Crippen LogP contribution in [0.2, 0.25) is 0 Å². The number of hydrogen-bond acceptors (Lipinski definition) is 3. The molecule has 0 saturated heterocycles. The number of nitrogens with zero attached hydrogens (tertiary/aromatic N) is 1. The van der Waals surface area contributed by atoms with Crippen LogP contribution in [0.4, 0.5) is 0 Å². The number of carbonyl (C=O) groups excluding carboxylic acids is 1. The van der Waals surface area contributed by atoms with Gasteiger partial charge in [-0.2, -0.15) is 0 Å². The number of benzene rings is 1. The summed E-state index contributed by atoms with van der Waals surface area (Å²) in [4.78, 5) is 22.8. The third-order valence-corrected chi connectivity index (χ3v) is 4.74. The zero-order chi connectivity index (χ0) is 19.9. The lowest BCUT2D eigenvalue weighted by atomic mass is 10.0. The number of aryl methyl sites for hydroxylation is 1. The lowest BCUT2D eigenvalue weighted by Crippen LogP contribution is -2.28. The van der Waals surface area contributed by atoms with Gasteiger partial charge in [0.15, 0.2) is 0 Å². The molecule has 0 aliphatic carbocycles. The highest BCUT2D eigenvalue weighted by Gasteiger charge is 2.13. The fraction of sp³-hybridized carbons (Fsp3) is 0.636. The first-order valence-corrected chi connectivity index (χ1v) is 10.4. The average Bonchev–Trinajstić information content (AvgIpc) is 2.66. The first-order valence-electron chi connectivity index (χ1n) is 10.4. The van der Waals surface area contributed by atoms with Crippen molar-refractivity contribution < 1.29 is 19.9 Å². The number of unbranched alkanes of at least 4 members (excludes halogenated alkanes) is 8. The summed E-state index contributed by atoms with van der Waals surface area (Å²) in [5.41, 5.74) is 1.60. The Labute approximate surface area is 163 Å². The van der Waals surface area contributed by atoms with Gasteiger partial charge in [-0.1, -0.05) is 64.0 Å². The molecule has 1 aromatic carbocycles. The zero-order valence-electron chi connectivity index (χ0n) is 16.7. The molecule has 0 fully saturated rings. The molecular formula is C22H35NO4. The maximum Gasteiger partial charge on any atom is 0.303 e. The van der Waals surface area contributed by atoms with E-state index in [1.165, 1.54) is 44.9 Å². The van der Waals surface area contributed by atoms with Gasteiger partial charge in [-0.25, -0.2) is 5.06 Å². The van der Waals surface area contributed by atoms with Gasteiger partial charge in [0.05, 0.1) is 0 Å². The average molecular weight is 378 g/mol. The van der Waals surface area contributed by atoms with Crippen LogP contribution >= 0.6 is 0 Å². The fourth-order valence-electron chi connectivity index (χ4n) is 3.11. The third-order valence-electron chi connectivity index (χ3n) is 4.74. The Morgan fingerprint density at radius 3 is 2.26 bits per heavy atom. The number of hydrogen-bond donors (Lipinski definition) is 2. The first-order chi connectivity index (χ1) is 13.0. The second-order valence-corrected chi connectivity index (χ2v) is 7.20. The third kappa shape index (κ3) is 10.8. The second-order valence-electron chi connectivity index (χ2n) is 7.20. The van der Waals surface area contributed by atoms with Crippen LogP contribution in [-0.4, -0.2) is 33.8 Å². The lowest BCUT2D eigenvalue weighted by Gasteiger charge is -2.15. The summed E-state index contributed by atoms with van der Waals surface area (Å²) < 4.78 is 0. The molecule has 0 aliphatic rings. The van der Waals surface area contributed by atoms with Gasteiger partial charge >= 0.3 is 5.97 Å². The van der Waals surface area contributed by atoms with Crippen molar-refractivity contribution in [3.63, 3.8) is 0 Å². The predicted molar refractivity (Wildman–Crippen MR) is 107 cm³/mol. The molecule has 152 valence electrons. The number of amides is 1. The van der Waals surface area contributed by atoms with Crippen molar-refractivity contribution in [1.29, 1.82) is 0 Å². The molecule has 0 unspecified atom stereocenters. The van der Waals surface area contributed by atoms with Gasteiger partial charge in [-0.15, -0.1) is 0 Å². The molecule has 0 atom stereocenters. The van der Waals surface area contributed by atoms with Crippen molar-refractivity contribution in [1.82, 2.24) is 5.06 Å². The van der Waals surface area contributed by atoms with Gasteiger partial charge < -0.3 is 5.11 Å². The van der Waals surface area contributed by atoms with Gasteiger partial charge in [0.2, 0.25) is 0 Å². The number of carboxylic acid groups (broad SMARTS) is 1. The van der Waals surface area contributed by atoms with Crippen LogP contribution in [0, 0.1) is 0 Å². The second kappa shape index (κ2) is 14.2. The first kappa shape index (κ1) is 23.2. The van der Waals surface area contributed by atoms with E-state index in [9.17, 15) is 14.8 Å². The van der Waals surface area contributed by atoms with Gasteiger partial charge in [0.1, 0.15) is 0 Å². The molecule has 0 radical (unpaired) electrons. The quantitative estimate of drug-likeness (QED) is 0.242. The van der Waals surface area contributed by atoms with Crippen molar-refractivity contribution in [3.05, 3.63) is 35.4 Å². The van der Waals surface area contributed by atoms with Crippen LogP contribution in [0.5, 0.6) is 0 Å². The van der Waals surface area contributed by atoms with Crippen LogP contribution < -0.4 is 0 Å². The van der Waals surface area contributed by atoms with Crippen molar-refractivity contribution in [2.75, 3.05) is 6.54 Å². The summed E-state index contributed by atoms with van der Waals surface area (Å²) in [6.45, 7) is 2.38. The van der Waals surface area contributed by atoms with Crippen molar-refractivity contribution in [3.8, 4) is 0 Å². The van der Waals surface area contributed by atoms with Crippen LogP contribution in [0.25, 0.3) is 0 Å². The van der Waals surface area contributed by atoms with Crippen molar-refractivity contribution in [2.45, 2.75) is 84.0 Å². The smallest absolute Gasteiger partial charge is 0.303 e. The standard InChI is InChI=1S/C22H35NO4/c1-2-3-4-5-6-7-8-9-13-19-14-12-15-20(18-19)22(26)23(27)17-11-10-16-21(24)25/h12,14-15,18,27H,2-11,13,16-17H2,1H3,(H,24,25). The normalized spacial score (nSPS) is 10.7. The van der Waals surface area contributed by atoms with Crippen molar-refractivity contribution in [2.24, 2.45) is 0 Å². The largest absolute Gasteiger partial charge is 0.481 e. The molecule has 0 aliphatic heterocycles. The molecule has 1 aromatic rings. The highest BCUT2D eigenvalue weighted by atomic mass is 16.5. The van der Waals surface area contributed by atoms with Crippen LogP contribution in [-0.2, 0) is 11.2 Å². The highest BCUT2D eigenvalue weighted by molar-refractivity contribution is 5.93. The van der Waals surface area contributed by atoms with Gasteiger partial charge in [-0.05, 0) is 43.4 Å². The van der Waals surface area contributed by atoms with E-state index in [0.717, 1.165) is 18.4 Å². The van der Waals surface area contributed by atoms with E-state index in [0.29, 0.717) is 23.5 Å². The summed E-state index contributed by atoms with van der Waals surface area (Å²) in [7, 11) is 0. The van der Waals surface area contributed by atoms with E-state index in [1.807, 2.05) is 18.2 Å². The Morgan fingerprint density at radius 2 is 1.59 bits per heavy atom. The van der Waals surface area contributed by atoms with E-state index in [1.54, 1.807) is 6.07 Å². The number of hydroxylamine groups is 2. The number of carboxylic acids is 1. The maximum absolute atomic E-state index is 12.3. The van der Waals surface area contributed by atoms with Gasteiger partial charge in [0.25, 0.3) is 5.91 Å². The van der Waals surface area contributed by atoms with Crippen LogP contribution in [0.3, 0.4) is 0 Å². The molecule has 0 bridgehead atoms. The summed E-state index contributed by atoms with van der Waals surface area (Å²) in [5.74, 6) is -1.29. The summed E-state index contributed by atoms with van der Waals surface area (Å²) in [6.07, 6.45) is 12.1. The Morgan fingerprint density at radius 1 is 0.926 bits per heavy atom. The van der Waals surface area contributed by atoms with E-state index in [4.69, 9.17) is 5.11 Å². The molecular weight excluding hydrogens is 342 g/mol. The topological polar surface area (TPSA) is 77.8 Å². The molecule has 2 N–H and O–H groups in total. The molecule has 0 spiro atoms. The Hall–Kier alpha value is -1.88. The molecule has 0 saturated carbocycles. The Kier molecular flexibility index (Phi) is 12.2. The SMILES string of the molecule is CCCCCCCCCCc1cccc(C(=O)N(O)CCCCC(=O)O)c1. The minimum atomic E-state index is -0.862. The molecule has 0 aromatic heterocycles. The summed E-state index contributed by atoms with van der Waals surface area (Å²) >= 11 is 0. The zero-order valence-corrected chi connectivity index (χ0v) is 16.7. The molecule has 1 amide bonds. The highest BCUT2D eigenvalue weighted by Crippen LogP contribution is 2.14. The van der Waals surface area contributed by atoms with Crippen LogP contribution in [0.15, 0.2) is 24.3 Å². The Balaban J connectivity index is 2.31. The Bertz CT molecular complexity index is 559. The monoisotopic (exact) mass is 377 g/mol. The van der Waals surface area contributed by atoms with E-state index < -0.39 is 11.9 Å². The molecule has 1 rings (SSSR count). The van der Waals surface area contributed by atoms with E-state index in [2.05, 4.69) is 6.92 Å². The lowest BCUT2D eigenvalue weighted by molar-refractivity contribution is -0.137. The minimum Gasteiger partial charge on any atom is -0.481 e. The van der Waals surface area contributed by atoms with Gasteiger partial charge in [0, 0.05) is 18.5 Å². The van der Waals surface area contributed by atoms with Crippen LogP contribution in [0.1, 0.15) is 93.5 Å². The molecule has 5 nitrogen and oxygen atoms in total.